The van der Waals surface area contributed by atoms with Gasteiger partial charge in [-0.3, -0.25) is 33.6 Å². The zero-order valence-corrected chi connectivity index (χ0v) is 21.2. The molecule has 6 amide bonds. The van der Waals surface area contributed by atoms with Crippen molar-refractivity contribution in [3.63, 3.8) is 0 Å². The van der Waals surface area contributed by atoms with E-state index in [0.29, 0.717) is 11.3 Å². The fourth-order valence-corrected chi connectivity index (χ4v) is 4.45. The SMILES string of the molecule is CC(=O)N[C@H]1CCC(=S)CCC(C(N)=O)NC(=O)[C@@H]2CCCN2C(=O)[C@H](CC(=O)O)NC(=O)CNC1=O. The Hall–Kier alpha value is -3.62. The second-order valence-electron chi connectivity index (χ2n) is 8.96. The summed E-state index contributed by atoms with van der Waals surface area (Å²) in [5.74, 6) is -5.55. The minimum Gasteiger partial charge on any atom is -0.481 e. The Bertz CT molecular complexity index is 973. The molecule has 0 bridgehead atoms. The lowest BCUT2D eigenvalue weighted by Crippen LogP contribution is -2.57. The standard InChI is InChI=1S/C22H32N6O8S/c1-11(29)25-14-7-5-12(37)4-6-13(19(23)33)27-21(35)16-3-2-8-28(16)22(36)15(9-18(31)32)26-17(30)10-24-20(14)34/h13-16H,2-10H2,1H3,(H2,23,33)(H,24,34)(H,25,29)(H,26,30)(H,27,35)(H,31,32)/t13?,14-,15-,16-/m0/s1. The zero-order valence-electron chi connectivity index (χ0n) is 20.4. The van der Waals surface area contributed by atoms with Crippen LogP contribution in [0.2, 0.25) is 0 Å². The van der Waals surface area contributed by atoms with Crippen LogP contribution in [0.25, 0.3) is 0 Å². The smallest absolute Gasteiger partial charge is 0.305 e. The summed E-state index contributed by atoms with van der Waals surface area (Å²) >= 11 is 5.34. The summed E-state index contributed by atoms with van der Waals surface area (Å²) in [5, 5.41) is 19.0. The van der Waals surface area contributed by atoms with Gasteiger partial charge in [0, 0.05) is 13.5 Å². The van der Waals surface area contributed by atoms with Gasteiger partial charge in [-0.2, -0.15) is 0 Å². The van der Waals surface area contributed by atoms with Crippen LogP contribution in [0.3, 0.4) is 0 Å². The second-order valence-corrected chi connectivity index (χ2v) is 9.54. The normalized spacial score (nSPS) is 26.6. The van der Waals surface area contributed by atoms with Crippen LogP contribution in [-0.4, -0.2) is 93.5 Å². The predicted molar refractivity (Wildman–Crippen MR) is 132 cm³/mol. The molecule has 1 unspecified atom stereocenters. The number of primary amides is 1. The molecule has 7 N–H and O–H groups in total. The zero-order chi connectivity index (χ0) is 27.7. The highest BCUT2D eigenvalue weighted by Gasteiger charge is 2.39. The number of hydrogen-bond acceptors (Lipinski definition) is 8. The van der Waals surface area contributed by atoms with Crippen molar-refractivity contribution in [2.45, 2.75) is 76.0 Å². The Morgan fingerprint density at radius 1 is 1.08 bits per heavy atom. The molecule has 0 aromatic heterocycles. The highest BCUT2D eigenvalue weighted by atomic mass is 32.1. The Kier molecular flexibility index (Phi) is 10.9. The molecule has 2 fully saturated rings. The Labute approximate surface area is 218 Å². The molecular weight excluding hydrogens is 508 g/mol. The lowest BCUT2D eigenvalue weighted by Gasteiger charge is -2.29. The van der Waals surface area contributed by atoms with Crippen molar-refractivity contribution < 1.29 is 38.7 Å². The van der Waals surface area contributed by atoms with Crippen molar-refractivity contribution in [3.05, 3.63) is 0 Å². The van der Waals surface area contributed by atoms with E-state index in [9.17, 15) is 38.7 Å². The molecule has 15 heteroatoms. The molecule has 204 valence electrons. The van der Waals surface area contributed by atoms with Crippen molar-refractivity contribution >= 4 is 58.5 Å². The predicted octanol–water partition coefficient (Wildman–Crippen LogP) is -2.53. The number of thiocarbonyl (C=S) groups is 1. The van der Waals surface area contributed by atoms with Gasteiger partial charge < -0.3 is 37.0 Å². The van der Waals surface area contributed by atoms with Crippen LogP contribution in [0.1, 0.15) is 51.9 Å². The maximum absolute atomic E-state index is 13.2. The highest BCUT2D eigenvalue weighted by Crippen LogP contribution is 2.20. The maximum atomic E-state index is 13.2. The van der Waals surface area contributed by atoms with E-state index in [1.165, 1.54) is 11.8 Å². The fourth-order valence-electron chi connectivity index (χ4n) is 4.22. The van der Waals surface area contributed by atoms with Gasteiger partial charge in [-0.15, -0.1) is 0 Å². The van der Waals surface area contributed by atoms with E-state index in [-0.39, 0.29) is 38.6 Å². The number of carbonyl (C=O) groups is 7. The van der Waals surface area contributed by atoms with Gasteiger partial charge in [0.05, 0.1) is 13.0 Å². The molecule has 2 heterocycles. The number of nitrogens with zero attached hydrogens (tertiary/aromatic N) is 1. The van der Waals surface area contributed by atoms with Gasteiger partial charge in [0.25, 0.3) is 0 Å². The van der Waals surface area contributed by atoms with Crippen LogP contribution in [0.5, 0.6) is 0 Å². The topological polar surface area (TPSA) is 217 Å². The Balaban J connectivity index is 2.33. The molecule has 2 aliphatic rings. The van der Waals surface area contributed by atoms with Crippen LogP contribution < -0.4 is 27.0 Å². The average Bonchev–Trinajstić information content (AvgIpc) is 3.30. The molecule has 2 rings (SSSR count). The Morgan fingerprint density at radius 3 is 2.38 bits per heavy atom. The number of amides is 6. The molecule has 0 radical (unpaired) electrons. The van der Waals surface area contributed by atoms with Crippen molar-refractivity contribution in [1.29, 1.82) is 0 Å². The Morgan fingerprint density at radius 2 is 1.76 bits per heavy atom. The lowest BCUT2D eigenvalue weighted by atomic mass is 10.0. The van der Waals surface area contributed by atoms with Crippen molar-refractivity contribution in [3.8, 4) is 0 Å². The number of nitrogens with one attached hydrogen (secondary N) is 4. The molecule has 2 saturated heterocycles. The number of hydrogen-bond donors (Lipinski definition) is 6. The number of carbonyl (C=O) groups excluding carboxylic acids is 6. The summed E-state index contributed by atoms with van der Waals surface area (Å²) in [7, 11) is 0. The first kappa shape index (κ1) is 29.6. The molecule has 0 saturated carbocycles. The molecule has 4 atom stereocenters. The molecular formula is C22H32N6O8S. The summed E-state index contributed by atoms with van der Waals surface area (Å²) in [6.45, 7) is 0.786. The quantitative estimate of drug-likeness (QED) is 0.207. The molecule has 0 spiro atoms. The van der Waals surface area contributed by atoms with Crippen molar-refractivity contribution in [2.24, 2.45) is 5.73 Å². The number of carboxylic acids is 1. The third kappa shape index (κ3) is 9.08. The molecule has 37 heavy (non-hydrogen) atoms. The van der Waals surface area contributed by atoms with Crippen LogP contribution in [0, 0.1) is 0 Å². The third-order valence-electron chi connectivity index (χ3n) is 6.05. The molecule has 0 aromatic rings. The van der Waals surface area contributed by atoms with E-state index in [0.717, 1.165) is 0 Å². The van der Waals surface area contributed by atoms with E-state index < -0.39 is 78.5 Å². The third-order valence-corrected chi connectivity index (χ3v) is 6.46. The minimum absolute atomic E-state index is 0.0925. The lowest BCUT2D eigenvalue weighted by molar-refractivity contribution is -0.146. The second kappa shape index (κ2) is 13.6. The largest absolute Gasteiger partial charge is 0.481 e. The van der Waals surface area contributed by atoms with Gasteiger partial charge in [0.2, 0.25) is 35.4 Å². The monoisotopic (exact) mass is 540 g/mol. The van der Waals surface area contributed by atoms with E-state index in [1.54, 1.807) is 0 Å². The maximum Gasteiger partial charge on any atom is 0.305 e. The number of carboxylic acid groups (broad SMARTS) is 1. The summed E-state index contributed by atoms with van der Waals surface area (Å²) < 4.78 is 0. The number of nitrogens with two attached hydrogens (primary N) is 1. The van der Waals surface area contributed by atoms with Gasteiger partial charge in [-0.05, 0) is 43.4 Å². The summed E-state index contributed by atoms with van der Waals surface area (Å²) in [5.41, 5.74) is 5.46. The van der Waals surface area contributed by atoms with Gasteiger partial charge in [0.15, 0.2) is 0 Å². The van der Waals surface area contributed by atoms with Crippen LogP contribution in [0.15, 0.2) is 0 Å². The molecule has 0 aliphatic carbocycles. The summed E-state index contributed by atoms with van der Waals surface area (Å²) in [6.07, 6.45) is 0.614. The van der Waals surface area contributed by atoms with Crippen LogP contribution in [0.4, 0.5) is 0 Å². The number of rotatable bonds is 4. The van der Waals surface area contributed by atoms with Crippen molar-refractivity contribution in [2.75, 3.05) is 13.1 Å². The first-order chi connectivity index (χ1) is 17.4. The number of aliphatic carboxylic acids is 1. The molecule has 0 aromatic carbocycles. The molecule has 2 aliphatic heterocycles. The summed E-state index contributed by atoms with van der Waals surface area (Å²) in [6, 6.07) is -4.57. The number of fused-ring (bicyclic) bond motifs is 1. The van der Waals surface area contributed by atoms with E-state index in [1.807, 2.05) is 0 Å². The van der Waals surface area contributed by atoms with Crippen LogP contribution in [-0.2, 0) is 33.6 Å². The first-order valence-electron chi connectivity index (χ1n) is 11.9. The van der Waals surface area contributed by atoms with Gasteiger partial charge >= 0.3 is 5.97 Å². The highest BCUT2D eigenvalue weighted by molar-refractivity contribution is 7.80. The fraction of sp³-hybridized carbons (Fsp3) is 0.636. The van der Waals surface area contributed by atoms with E-state index in [4.69, 9.17) is 18.0 Å². The summed E-state index contributed by atoms with van der Waals surface area (Å²) in [4.78, 5) is 87.8. The van der Waals surface area contributed by atoms with Crippen molar-refractivity contribution in [1.82, 2.24) is 26.2 Å². The van der Waals surface area contributed by atoms with Gasteiger partial charge in [0.1, 0.15) is 24.2 Å². The first-order valence-corrected chi connectivity index (χ1v) is 12.3. The minimum atomic E-state index is -1.50. The average molecular weight is 541 g/mol. The van der Waals surface area contributed by atoms with E-state index >= 15 is 0 Å². The molecule has 14 nitrogen and oxygen atoms in total. The van der Waals surface area contributed by atoms with Gasteiger partial charge in [-0.25, -0.2) is 0 Å². The van der Waals surface area contributed by atoms with E-state index in [2.05, 4.69) is 21.3 Å². The van der Waals surface area contributed by atoms with Gasteiger partial charge in [-0.1, -0.05) is 12.2 Å². The van der Waals surface area contributed by atoms with Crippen LogP contribution >= 0.6 is 12.2 Å².